The molecule has 0 aliphatic rings. The minimum atomic E-state index is -3.68. The van der Waals surface area contributed by atoms with Crippen LogP contribution in [0.1, 0.15) is 10.6 Å². The number of hydrogen-bond donors (Lipinski definition) is 2. The van der Waals surface area contributed by atoms with Gasteiger partial charge in [0, 0.05) is 31.7 Å². The number of nitrogens with one attached hydrogen (secondary N) is 2. The maximum atomic E-state index is 12.0. The molecule has 126 valence electrons. The number of para-hydroxylation sites is 1. The van der Waals surface area contributed by atoms with Gasteiger partial charge >= 0.3 is 0 Å². The molecule has 0 bridgehead atoms. The summed E-state index contributed by atoms with van der Waals surface area (Å²) in [5, 5.41) is 3.37. The number of furan rings is 1. The molecule has 0 spiro atoms. The number of imidazole rings is 1. The molecule has 8 nitrogen and oxygen atoms in total. The second kappa shape index (κ2) is 6.46. The van der Waals surface area contributed by atoms with E-state index in [0.717, 1.165) is 5.39 Å². The third-order valence-corrected chi connectivity index (χ3v) is 4.65. The Morgan fingerprint density at radius 1 is 1.29 bits per heavy atom. The fourth-order valence-electron chi connectivity index (χ4n) is 2.14. The number of benzene rings is 1. The minimum absolute atomic E-state index is 0.0465. The van der Waals surface area contributed by atoms with Gasteiger partial charge in [0.05, 0.1) is 6.33 Å². The van der Waals surface area contributed by atoms with Crippen LogP contribution >= 0.6 is 0 Å². The lowest BCUT2D eigenvalue weighted by atomic mass is 10.2. The molecular formula is C15H16N4O4S. The Bertz CT molecular complexity index is 941. The topological polar surface area (TPSA) is 106 Å². The molecule has 3 rings (SSSR count). The molecule has 3 aromatic rings. The number of nitrogens with zero attached hydrogens (tertiary/aromatic N) is 2. The second-order valence-electron chi connectivity index (χ2n) is 5.18. The number of aromatic nitrogens is 2. The van der Waals surface area contributed by atoms with E-state index in [1.165, 1.54) is 17.1 Å². The molecule has 9 heteroatoms. The average molecular weight is 348 g/mol. The molecule has 0 saturated heterocycles. The summed E-state index contributed by atoms with van der Waals surface area (Å²) in [5.41, 5.74) is 0.624. The van der Waals surface area contributed by atoms with Gasteiger partial charge in [-0.05, 0) is 12.1 Å². The normalized spacial score (nSPS) is 11.7. The van der Waals surface area contributed by atoms with E-state index in [1.54, 1.807) is 19.2 Å². The summed E-state index contributed by atoms with van der Waals surface area (Å²) in [6.07, 6.45) is 2.80. The smallest absolute Gasteiger partial charge is 0.287 e. The van der Waals surface area contributed by atoms with Crippen LogP contribution < -0.4 is 10.0 Å². The summed E-state index contributed by atoms with van der Waals surface area (Å²) in [6.45, 7) is 0.173. The van der Waals surface area contributed by atoms with Gasteiger partial charge < -0.3 is 14.3 Å². The van der Waals surface area contributed by atoms with Crippen molar-refractivity contribution in [3.8, 4) is 0 Å². The van der Waals surface area contributed by atoms with Crippen LogP contribution in [0.3, 0.4) is 0 Å². The van der Waals surface area contributed by atoms with Gasteiger partial charge in [-0.25, -0.2) is 18.1 Å². The first kappa shape index (κ1) is 16.2. The minimum Gasteiger partial charge on any atom is -0.451 e. The number of fused-ring (bicyclic) bond motifs is 1. The first-order chi connectivity index (χ1) is 11.5. The fourth-order valence-corrected chi connectivity index (χ4v) is 3.15. The molecule has 0 aliphatic heterocycles. The summed E-state index contributed by atoms with van der Waals surface area (Å²) in [4.78, 5) is 15.8. The number of hydrogen-bond acceptors (Lipinski definition) is 5. The summed E-state index contributed by atoms with van der Waals surface area (Å²) in [6, 6.07) is 8.93. The van der Waals surface area contributed by atoms with Crippen molar-refractivity contribution in [3.05, 3.63) is 48.6 Å². The first-order valence-corrected chi connectivity index (χ1v) is 8.68. The summed E-state index contributed by atoms with van der Waals surface area (Å²) in [5.74, 6) is -0.216. The van der Waals surface area contributed by atoms with Crippen LogP contribution in [-0.4, -0.2) is 37.0 Å². The van der Waals surface area contributed by atoms with E-state index >= 15 is 0 Å². The molecule has 0 unspecified atom stereocenters. The second-order valence-corrected chi connectivity index (χ2v) is 6.89. The standard InChI is InChI=1S/C15H16N4O4S/c1-19-9-14(17-10-19)24(21,22)18-7-6-16-15(20)13-8-11-4-2-3-5-12(11)23-13/h2-5,8-10,18H,6-7H2,1H3,(H,16,20). The molecule has 0 saturated carbocycles. The molecular weight excluding hydrogens is 332 g/mol. The van der Waals surface area contributed by atoms with Crippen molar-refractivity contribution in [1.29, 1.82) is 0 Å². The average Bonchev–Trinajstić information content (AvgIpc) is 3.17. The van der Waals surface area contributed by atoms with Crippen molar-refractivity contribution in [3.63, 3.8) is 0 Å². The molecule has 1 amide bonds. The number of carbonyl (C=O) groups is 1. The van der Waals surface area contributed by atoms with Gasteiger partial charge in [0.1, 0.15) is 5.58 Å². The lowest BCUT2D eigenvalue weighted by Gasteiger charge is -2.05. The van der Waals surface area contributed by atoms with Crippen molar-refractivity contribution in [2.24, 2.45) is 7.05 Å². The highest BCUT2D eigenvalue weighted by molar-refractivity contribution is 7.89. The molecule has 2 N–H and O–H groups in total. The summed E-state index contributed by atoms with van der Waals surface area (Å²) < 4.78 is 33.3. The van der Waals surface area contributed by atoms with Gasteiger partial charge in [-0.2, -0.15) is 0 Å². The van der Waals surface area contributed by atoms with Crippen molar-refractivity contribution >= 4 is 26.9 Å². The zero-order chi connectivity index (χ0) is 17.2. The van der Waals surface area contributed by atoms with Crippen LogP contribution in [0.15, 0.2) is 52.3 Å². The maximum Gasteiger partial charge on any atom is 0.287 e. The van der Waals surface area contributed by atoms with Crippen LogP contribution in [0, 0.1) is 0 Å². The quantitative estimate of drug-likeness (QED) is 0.643. The van der Waals surface area contributed by atoms with Crippen LogP contribution in [-0.2, 0) is 17.1 Å². The summed E-state index contributed by atoms with van der Waals surface area (Å²) in [7, 11) is -2.00. The molecule has 2 aromatic heterocycles. The number of carbonyl (C=O) groups excluding carboxylic acids is 1. The predicted molar refractivity (Wildman–Crippen MR) is 86.9 cm³/mol. The zero-order valence-electron chi connectivity index (χ0n) is 12.9. The van der Waals surface area contributed by atoms with E-state index in [2.05, 4.69) is 15.0 Å². The van der Waals surface area contributed by atoms with Crippen LogP contribution in [0.4, 0.5) is 0 Å². The van der Waals surface area contributed by atoms with E-state index < -0.39 is 15.9 Å². The molecule has 0 aliphatic carbocycles. The van der Waals surface area contributed by atoms with Crippen molar-refractivity contribution in [2.45, 2.75) is 5.03 Å². The van der Waals surface area contributed by atoms with Crippen molar-refractivity contribution in [1.82, 2.24) is 19.6 Å². The zero-order valence-corrected chi connectivity index (χ0v) is 13.7. The fraction of sp³-hybridized carbons (Fsp3) is 0.200. The number of rotatable bonds is 6. The Balaban J connectivity index is 1.53. The summed E-state index contributed by atoms with van der Waals surface area (Å²) >= 11 is 0. The molecule has 0 radical (unpaired) electrons. The molecule has 0 atom stereocenters. The molecule has 0 fully saturated rings. The van der Waals surface area contributed by atoms with E-state index in [9.17, 15) is 13.2 Å². The molecule has 2 heterocycles. The lowest BCUT2D eigenvalue weighted by molar-refractivity contribution is 0.0929. The lowest BCUT2D eigenvalue weighted by Crippen LogP contribution is -2.34. The van der Waals surface area contributed by atoms with Crippen molar-refractivity contribution in [2.75, 3.05) is 13.1 Å². The van der Waals surface area contributed by atoms with E-state index in [0.29, 0.717) is 5.58 Å². The SMILES string of the molecule is Cn1cnc(S(=O)(=O)NCCNC(=O)c2cc3ccccc3o2)c1. The van der Waals surface area contributed by atoms with Gasteiger partial charge in [-0.3, -0.25) is 4.79 Å². The van der Waals surface area contributed by atoms with E-state index in [4.69, 9.17) is 4.42 Å². The van der Waals surface area contributed by atoms with Gasteiger partial charge in [0.15, 0.2) is 10.8 Å². The molecule has 24 heavy (non-hydrogen) atoms. The van der Waals surface area contributed by atoms with Gasteiger partial charge in [-0.1, -0.05) is 18.2 Å². The van der Waals surface area contributed by atoms with E-state index in [-0.39, 0.29) is 23.9 Å². The number of sulfonamides is 1. The Labute approximate surface area is 138 Å². The van der Waals surface area contributed by atoms with Gasteiger partial charge in [-0.15, -0.1) is 0 Å². The number of amides is 1. The van der Waals surface area contributed by atoms with E-state index in [1.807, 2.05) is 18.2 Å². The highest BCUT2D eigenvalue weighted by Crippen LogP contribution is 2.18. The monoisotopic (exact) mass is 348 g/mol. The largest absolute Gasteiger partial charge is 0.451 e. The van der Waals surface area contributed by atoms with Gasteiger partial charge in [0.2, 0.25) is 0 Å². The van der Waals surface area contributed by atoms with Gasteiger partial charge in [0.25, 0.3) is 15.9 Å². The molecule has 1 aromatic carbocycles. The first-order valence-electron chi connectivity index (χ1n) is 7.20. The third kappa shape index (κ3) is 3.47. The third-order valence-electron chi connectivity index (χ3n) is 3.31. The predicted octanol–water partition coefficient (Wildman–Crippen LogP) is 0.875. The number of aryl methyl sites for hydroxylation is 1. The Kier molecular flexibility index (Phi) is 4.36. The Hall–Kier alpha value is -2.65. The van der Waals surface area contributed by atoms with Crippen LogP contribution in [0.2, 0.25) is 0 Å². The Morgan fingerprint density at radius 2 is 2.08 bits per heavy atom. The highest BCUT2D eigenvalue weighted by Gasteiger charge is 2.17. The Morgan fingerprint density at radius 3 is 2.79 bits per heavy atom. The maximum absolute atomic E-state index is 12.0. The van der Waals surface area contributed by atoms with Crippen LogP contribution in [0.5, 0.6) is 0 Å². The van der Waals surface area contributed by atoms with Crippen molar-refractivity contribution < 1.29 is 17.6 Å². The van der Waals surface area contributed by atoms with Crippen LogP contribution in [0.25, 0.3) is 11.0 Å². The highest BCUT2D eigenvalue weighted by atomic mass is 32.2.